The lowest BCUT2D eigenvalue weighted by molar-refractivity contribution is -0.122. The zero-order valence-corrected chi connectivity index (χ0v) is 17.5. The fourth-order valence-electron chi connectivity index (χ4n) is 2.38. The number of ether oxygens (including phenoxy) is 1. The van der Waals surface area contributed by atoms with E-state index >= 15 is 0 Å². The third kappa shape index (κ3) is 7.85. The number of amides is 2. The standard InChI is InChI=1S/C21H23N3O5S/c1-4-16-6-5-7-18(12-16)23-20(25)13-22-21(26)14-30(27,28)24-17-8-10-19(11-9-17)29-15(2)3/h1,5-12,15,24H,13-14H2,2-3H3,(H,22,26)(H,23,25). The number of sulfonamides is 1. The first-order chi connectivity index (χ1) is 14.2. The summed E-state index contributed by atoms with van der Waals surface area (Å²) in [5.74, 6) is 0.904. The molecule has 0 bridgehead atoms. The topological polar surface area (TPSA) is 114 Å². The average molecular weight is 429 g/mol. The minimum atomic E-state index is -3.94. The lowest BCUT2D eigenvalue weighted by atomic mass is 10.2. The Morgan fingerprint density at radius 2 is 1.77 bits per heavy atom. The van der Waals surface area contributed by atoms with Gasteiger partial charge in [0.2, 0.25) is 21.8 Å². The van der Waals surface area contributed by atoms with Crippen molar-refractivity contribution in [2.45, 2.75) is 20.0 Å². The van der Waals surface area contributed by atoms with Crippen molar-refractivity contribution in [3.63, 3.8) is 0 Å². The first-order valence-corrected chi connectivity index (χ1v) is 10.7. The van der Waals surface area contributed by atoms with Gasteiger partial charge < -0.3 is 15.4 Å². The van der Waals surface area contributed by atoms with Crippen molar-refractivity contribution in [1.82, 2.24) is 5.32 Å². The van der Waals surface area contributed by atoms with Crippen molar-refractivity contribution < 1.29 is 22.7 Å². The van der Waals surface area contributed by atoms with E-state index in [9.17, 15) is 18.0 Å². The summed E-state index contributed by atoms with van der Waals surface area (Å²) in [5.41, 5.74) is 1.37. The first kappa shape index (κ1) is 22.8. The molecule has 0 aromatic heterocycles. The second kappa shape index (κ2) is 10.3. The van der Waals surface area contributed by atoms with Gasteiger partial charge in [-0.05, 0) is 56.3 Å². The van der Waals surface area contributed by atoms with Crippen molar-refractivity contribution >= 4 is 33.2 Å². The Labute approximate surface area is 176 Å². The molecule has 0 fully saturated rings. The van der Waals surface area contributed by atoms with Crippen molar-refractivity contribution in [2.75, 3.05) is 22.3 Å². The first-order valence-electron chi connectivity index (χ1n) is 9.07. The van der Waals surface area contributed by atoms with E-state index < -0.39 is 27.6 Å². The van der Waals surface area contributed by atoms with Crippen LogP contribution in [0.25, 0.3) is 0 Å². The van der Waals surface area contributed by atoms with E-state index in [-0.39, 0.29) is 12.6 Å². The Hall–Kier alpha value is -3.51. The molecule has 0 aliphatic carbocycles. The maximum absolute atomic E-state index is 12.2. The molecule has 3 N–H and O–H groups in total. The van der Waals surface area contributed by atoms with Crippen molar-refractivity contribution in [3.05, 3.63) is 54.1 Å². The van der Waals surface area contributed by atoms with Crippen molar-refractivity contribution in [2.24, 2.45) is 0 Å². The van der Waals surface area contributed by atoms with Crippen LogP contribution in [0.3, 0.4) is 0 Å². The van der Waals surface area contributed by atoms with Crippen molar-refractivity contribution in [1.29, 1.82) is 0 Å². The largest absolute Gasteiger partial charge is 0.491 e. The Bertz CT molecular complexity index is 1040. The minimum Gasteiger partial charge on any atom is -0.491 e. The molecular weight excluding hydrogens is 406 g/mol. The highest BCUT2D eigenvalue weighted by molar-refractivity contribution is 7.93. The molecular formula is C21H23N3O5S. The molecule has 2 amide bonds. The van der Waals surface area contributed by atoms with Gasteiger partial charge in [-0.2, -0.15) is 0 Å². The molecule has 0 saturated heterocycles. The highest BCUT2D eigenvalue weighted by Crippen LogP contribution is 2.17. The summed E-state index contributed by atoms with van der Waals surface area (Å²) >= 11 is 0. The number of benzene rings is 2. The molecule has 0 unspecified atom stereocenters. The molecule has 0 radical (unpaired) electrons. The monoisotopic (exact) mass is 429 g/mol. The van der Waals surface area contributed by atoms with Gasteiger partial charge in [0.25, 0.3) is 0 Å². The molecule has 0 spiro atoms. The number of hydrogen-bond donors (Lipinski definition) is 3. The Morgan fingerprint density at radius 3 is 2.40 bits per heavy atom. The van der Waals surface area contributed by atoms with Crippen LogP contribution in [-0.4, -0.2) is 38.6 Å². The zero-order valence-electron chi connectivity index (χ0n) is 16.6. The molecule has 0 atom stereocenters. The van der Waals surface area contributed by atoms with Crippen LogP contribution in [0, 0.1) is 12.3 Å². The smallest absolute Gasteiger partial charge is 0.243 e. The number of carbonyl (C=O) groups excluding carboxylic acids is 2. The van der Waals surface area contributed by atoms with Crippen molar-refractivity contribution in [3.8, 4) is 18.1 Å². The fraction of sp³-hybridized carbons (Fsp3) is 0.238. The van der Waals surface area contributed by atoms with E-state index in [1.54, 1.807) is 36.4 Å². The summed E-state index contributed by atoms with van der Waals surface area (Å²) in [6.07, 6.45) is 5.29. The van der Waals surface area contributed by atoms with Crippen LogP contribution >= 0.6 is 0 Å². The molecule has 158 valence electrons. The minimum absolute atomic E-state index is 0.00490. The normalized spacial score (nSPS) is 10.7. The van der Waals surface area contributed by atoms with Crippen LogP contribution in [0.4, 0.5) is 11.4 Å². The van der Waals surface area contributed by atoms with Gasteiger partial charge in [0.15, 0.2) is 0 Å². The lowest BCUT2D eigenvalue weighted by Gasteiger charge is -2.11. The quantitative estimate of drug-likeness (QED) is 0.527. The Kier molecular flexibility index (Phi) is 7.83. The number of rotatable bonds is 9. The Morgan fingerprint density at radius 1 is 1.07 bits per heavy atom. The summed E-state index contributed by atoms with van der Waals surface area (Å²) in [6, 6.07) is 13.0. The molecule has 8 nitrogen and oxygen atoms in total. The third-order valence-corrected chi connectivity index (χ3v) is 4.77. The highest BCUT2D eigenvalue weighted by atomic mass is 32.2. The van der Waals surface area contributed by atoms with Crippen LogP contribution in [0.5, 0.6) is 5.75 Å². The molecule has 0 saturated carbocycles. The number of carbonyl (C=O) groups is 2. The average Bonchev–Trinajstić information content (AvgIpc) is 2.67. The summed E-state index contributed by atoms with van der Waals surface area (Å²) in [7, 11) is -3.94. The molecule has 2 aromatic rings. The zero-order chi connectivity index (χ0) is 22.1. The fourth-order valence-corrected chi connectivity index (χ4v) is 3.40. The van der Waals surface area contributed by atoms with Crippen LogP contribution in [-0.2, 0) is 19.6 Å². The highest BCUT2D eigenvalue weighted by Gasteiger charge is 2.17. The van der Waals surface area contributed by atoms with E-state index in [0.29, 0.717) is 22.7 Å². The van der Waals surface area contributed by atoms with Crippen LogP contribution in [0.2, 0.25) is 0 Å². The van der Waals surface area contributed by atoms with E-state index in [0.717, 1.165) is 0 Å². The van der Waals surface area contributed by atoms with E-state index in [1.807, 2.05) is 13.8 Å². The van der Waals surface area contributed by atoms with Gasteiger partial charge in [-0.25, -0.2) is 8.42 Å². The van der Waals surface area contributed by atoms with Gasteiger partial charge in [0.05, 0.1) is 12.6 Å². The molecule has 0 heterocycles. The second-order valence-electron chi connectivity index (χ2n) is 6.60. The number of hydrogen-bond acceptors (Lipinski definition) is 5. The maximum Gasteiger partial charge on any atom is 0.243 e. The summed E-state index contributed by atoms with van der Waals surface area (Å²) in [4.78, 5) is 23.9. The van der Waals surface area contributed by atoms with Crippen LogP contribution in [0.15, 0.2) is 48.5 Å². The van der Waals surface area contributed by atoms with E-state index in [2.05, 4.69) is 21.3 Å². The molecule has 2 rings (SSSR count). The van der Waals surface area contributed by atoms with Gasteiger partial charge in [-0.1, -0.05) is 12.0 Å². The van der Waals surface area contributed by atoms with Gasteiger partial charge in [0.1, 0.15) is 11.5 Å². The van der Waals surface area contributed by atoms with E-state index in [1.165, 1.54) is 12.1 Å². The molecule has 9 heteroatoms. The lowest BCUT2D eigenvalue weighted by Crippen LogP contribution is -2.37. The van der Waals surface area contributed by atoms with E-state index in [4.69, 9.17) is 11.2 Å². The molecule has 0 aliphatic heterocycles. The van der Waals surface area contributed by atoms with Gasteiger partial charge in [0, 0.05) is 16.9 Å². The SMILES string of the molecule is C#Cc1cccc(NC(=O)CNC(=O)CS(=O)(=O)Nc2ccc(OC(C)C)cc2)c1. The summed E-state index contributed by atoms with van der Waals surface area (Å²) in [6.45, 7) is 3.38. The Balaban J connectivity index is 1.82. The van der Waals surface area contributed by atoms with Crippen LogP contribution in [0.1, 0.15) is 19.4 Å². The maximum atomic E-state index is 12.2. The van der Waals surface area contributed by atoms with Gasteiger partial charge >= 0.3 is 0 Å². The second-order valence-corrected chi connectivity index (χ2v) is 8.32. The predicted octanol–water partition coefficient (Wildman–Crippen LogP) is 1.95. The third-order valence-electron chi connectivity index (χ3n) is 3.58. The molecule has 0 aliphatic rings. The number of terminal acetylenes is 1. The van der Waals surface area contributed by atoms with Crippen LogP contribution < -0.4 is 20.1 Å². The number of nitrogens with one attached hydrogen (secondary N) is 3. The number of anilines is 2. The predicted molar refractivity (Wildman–Crippen MR) is 116 cm³/mol. The summed E-state index contributed by atoms with van der Waals surface area (Å²) in [5, 5.41) is 4.84. The van der Waals surface area contributed by atoms with Gasteiger partial charge in [-0.3, -0.25) is 14.3 Å². The van der Waals surface area contributed by atoms with Gasteiger partial charge in [-0.15, -0.1) is 6.42 Å². The molecule has 2 aromatic carbocycles. The molecule has 30 heavy (non-hydrogen) atoms. The summed E-state index contributed by atoms with van der Waals surface area (Å²) < 4.78 is 32.1.